The van der Waals surface area contributed by atoms with Gasteiger partial charge in [0.1, 0.15) is 17.5 Å². The number of nitrogens with one attached hydrogen (secondary N) is 2. The molecule has 5 heteroatoms. The maximum absolute atomic E-state index is 5.49. The molecule has 0 aromatic carbocycles. The highest BCUT2D eigenvalue weighted by Crippen LogP contribution is 2.21. The van der Waals surface area contributed by atoms with E-state index in [2.05, 4.69) is 20.6 Å². The van der Waals surface area contributed by atoms with Gasteiger partial charge in [0.05, 0.1) is 0 Å². The van der Waals surface area contributed by atoms with Crippen LogP contribution < -0.4 is 16.4 Å². The molecular weight excluding hydrogens is 238 g/mol. The Morgan fingerprint density at radius 1 is 1.21 bits per heavy atom. The Labute approximate surface area is 115 Å². The molecular formula is C14H25N5. The fourth-order valence-corrected chi connectivity index (χ4v) is 2.51. The average Bonchev–Trinajstić information content (AvgIpc) is 2.39. The Balaban J connectivity index is 1.95. The Kier molecular flexibility index (Phi) is 5.39. The Hall–Kier alpha value is -1.36. The molecule has 4 N–H and O–H groups in total. The highest BCUT2D eigenvalue weighted by atomic mass is 15.1. The molecule has 1 heterocycles. The van der Waals surface area contributed by atoms with Crippen LogP contribution in [0.5, 0.6) is 0 Å². The van der Waals surface area contributed by atoms with Crippen molar-refractivity contribution < 1.29 is 0 Å². The number of aromatic nitrogens is 2. The lowest BCUT2D eigenvalue weighted by atomic mass is 9.95. The first-order valence-electron chi connectivity index (χ1n) is 7.34. The van der Waals surface area contributed by atoms with E-state index in [0.29, 0.717) is 12.6 Å². The van der Waals surface area contributed by atoms with Gasteiger partial charge in [0.25, 0.3) is 0 Å². The molecule has 1 aromatic heterocycles. The van der Waals surface area contributed by atoms with Crippen LogP contribution in [0.4, 0.5) is 11.6 Å². The number of hydrogen-bond acceptors (Lipinski definition) is 5. The summed E-state index contributed by atoms with van der Waals surface area (Å²) in [7, 11) is 0. The van der Waals surface area contributed by atoms with Crippen LogP contribution in [0.15, 0.2) is 6.07 Å². The molecule has 0 spiro atoms. The zero-order valence-corrected chi connectivity index (χ0v) is 11.8. The summed E-state index contributed by atoms with van der Waals surface area (Å²) in [5.41, 5.74) is 5.49. The zero-order valence-electron chi connectivity index (χ0n) is 11.8. The third-order valence-electron chi connectivity index (χ3n) is 3.48. The van der Waals surface area contributed by atoms with Crippen LogP contribution in [0.2, 0.25) is 0 Å². The first-order chi connectivity index (χ1) is 9.28. The van der Waals surface area contributed by atoms with Gasteiger partial charge in [0.15, 0.2) is 0 Å². The quantitative estimate of drug-likeness (QED) is 0.687. The topological polar surface area (TPSA) is 75.9 Å². The van der Waals surface area contributed by atoms with Crippen LogP contribution >= 0.6 is 0 Å². The van der Waals surface area contributed by atoms with Crippen molar-refractivity contribution in [2.75, 3.05) is 23.7 Å². The first kappa shape index (κ1) is 14.1. The molecule has 1 aliphatic carbocycles. The predicted molar refractivity (Wildman–Crippen MR) is 79.4 cm³/mol. The summed E-state index contributed by atoms with van der Waals surface area (Å²) in [6, 6.07) is 2.57. The number of nitrogens with zero attached hydrogens (tertiary/aromatic N) is 2. The van der Waals surface area contributed by atoms with Gasteiger partial charge in [0, 0.05) is 18.7 Å². The van der Waals surface area contributed by atoms with E-state index in [9.17, 15) is 0 Å². The van der Waals surface area contributed by atoms with Gasteiger partial charge in [-0.3, -0.25) is 0 Å². The fourth-order valence-electron chi connectivity index (χ4n) is 2.51. The minimum atomic E-state index is 0.569. The van der Waals surface area contributed by atoms with Gasteiger partial charge in [0.2, 0.25) is 0 Å². The molecule has 0 saturated heterocycles. The van der Waals surface area contributed by atoms with E-state index in [1.807, 2.05) is 13.0 Å². The molecule has 0 atom stereocenters. The predicted octanol–water partition coefficient (Wildman–Crippen LogP) is 2.29. The van der Waals surface area contributed by atoms with E-state index in [-0.39, 0.29) is 0 Å². The molecule has 0 aliphatic heterocycles. The normalized spacial score (nSPS) is 16.3. The lowest BCUT2D eigenvalue weighted by Gasteiger charge is -2.23. The number of hydrogen-bond donors (Lipinski definition) is 3. The van der Waals surface area contributed by atoms with Crippen LogP contribution in [0.25, 0.3) is 0 Å². The summed E-state index contributed by atoms with van der Waals surface area (Å²) in [5.74, 6) is 2.63. The fraction of sp³-hybridized carbons (Fsp3) is 0.714. The van der Waals surface area contributed by atoms with Crippen LogP contribution in [0, 0.1) is 6.92 Å². The van der Waals surface area contributed by atoms with Gasteiger partial charge in [-0.15, -0.1) is 0 Å². The highest BCUT2D eigenvalue weighted by Gasteiger charge is 2.14. The Bertz CT molecular complexity index is 387. The van der Waals surface area contributed by atoms with E-state index in [1.54, 1.807) is 0 Å². The molecule has 5 nitrogen and oxygen atoms in total. The van der Waals surface area contributed by atoms with Gasteiger partial charge in [-0.2, -0.15) is 0 Å². The number of rotatable bonds is 6. The third-order valence-corrected chi connectivity index (χ3v) is 3.48. The van der Waals surface area contributed by atoms with Gasteiger partial charge in [-0.25, -0.2) is 9.97 Å². The lowest BCUT2D eigenvalue weighted by molar-refractivity contribution is 0.462. The molecule has 0 bridgehead atoms. The van der Waals surface area contributed by atoms with E-state index < -0.39 is 0 Å². The van der Waals surface area contributed by atoms with Crippen molar-refractivity contribution in [1.29, 1.82) is 0 Å². The smallest absolute Gasteiger partial charge is 0.132 e. The van der Waals surface area contributed by atoms with Crippen molar-refractivity contribution in [1.82, 2.24) is 9.97 Å². The second-order valence-corrected chi connectivity index (χ2v) is 5.23. The van der Waals surface area contributed by atoms with Gasteiger partial charge >= 0.3 is 0 Å². The van der Waals surface area contributed by atoms with Crippen molar-refractivity contribution in [2.45, 2.75) is 51.5 Å². The van der Waals surface area contributed by atoms with E-state index in [1.165, 1.54) is 32.1 Å². The van der Waals surface area contributed by atoms with E-state index in [0.717, 1.165) is 30.4 Å². The molecule has 0 amide bonds. The standard InChI is InChI=1S/C14H25N5/c1-11-17-13(16-9-5-8-15)10-14(18-11)19-12-6-3-2-4-7-12/h10,12H,2-9,15H2,1H3,(H2,16,17,18,19). The molecule has 2 rings (SSSR count). The molecule has 106 valence electrons. The largest absolute Gasteiger partial charge is 0.370 e. The highest BCUT2D eigenvalue weighted by molar-refractivity contribution is 5.48. The molecule has 1 saturated carbocycles. The van der Waals surface area contributed by atoms with Gasteiger partial charge in [-0.1, -0.05) is 19.3 Å². The second kappa shape index (κ2) is 7.28. The van der Waals surface area contributed by atoms with Crippen molar-refractivity contribution in [3.05, 3.63) is 11.9 Å². The summed E-state index contributed by atoms with van der Waals surface area (Å²) in [6.07, 6.45) is 7.46. The van der Waals surface area contributed by atoms with Crippen LogP contribution in [0.3, 0.4) is 0 Å². The minimum Gasteiger partial charge on any atom is -0.370 e. The Morgan fingerprint density at radius 2 is 1.95 bits per heavy atom. The van der Waals surface area contributed by atoms with Crippen LogP contribution in [-0.4, -0.2) is 29.1 Å². The van der Waals surface area contributed by atoms with Crippen molar-refractivity contribution in [3.8, 4) is 0 Å². The summed E-state index contributed by atoms with van der Waals surface area (Å²) >= 11 is 0. The van der Waals surface area contributed by atoms with Gasteiger partial charge in [-0.05, 0) is 32.7 Å². The lowest BCUT2D eigenvalue weighted by Crippen LogP contribution is -2.23. The first-order valence-corrected chi connectivity index (χ1v) is 7.34. The Morgan fingerprint density at radius 3 is 2.68 bits per heavy atom. The van der Waals surface area contributed by atoms with Crippen molar-refractivity contribution in [3.63, 3.8) is 0 Å². The average molecular weight is 263 g/mol. The minimum absolute atomic E-state index is 0.569. The third kappa shape index (κ3) is 4.67. The second-order valence-electron chi connectivity index (χ2n) is 5.23. The molecule has 0 unspecified atom stereocenters. The molecule has 1 aliphatic rings. The summed E-state index contributed by atoms with van der Waals surface area (Å²) in [4.78, 5) is 8.86. The number of nitrogens with two attached hydrogens (primary N) is 1. The maximum Gasteiger partial charge on any atom is 0.132 e. The van der Waals surface area contributed by atoms with E-state index >= 15 is 0 Å². The van der Waals surface area contributed by atoms with E-state index in [4.69, 9.17) is 5.73 Å². The number of anilines is 2. The SMILES string of the molecule is Cc1nc(NCCCN)cc(NC2CCCCC2)n1. The molecule has 1 aromatic rings. The summed E-state index contributed by atoms with van der Waals surface area (Å²) in [5, 5.41) is 6.83. The zero-order chi connectivity index (χ0) is 13.5. The monoisotopic (exact) mass is 263 g/mol. The van der Waals surface area contributed by atoms with Crippen molar-refractivity contribution in [2.24, 2.45) is 5.73 Å². The maximum atomic E-state index is 5.49. The molecule has 0 radical (unpaired) electrons. The van der Waals surface area contributed by atoms with Crippen LogP contribution in [0.1, 0.15) is 44.3 Å². The summed E-state index contributed by atoms with van der Waals surface area (Å²) in [6.45, 7) is 3.49. The number of aryl methyl sites for hydroxylation is 1. The molecule has 19 heavy (non-hydrogen) atoms. The summed E-state index contributed by atoms with van der Waals surface area (Å²) < 4.78 is 0. The van der Waals surface area contributed by atoms with Crippen LogP contribution in [-0.2, 0) is 0 Å². The van der Waals surface area contributed by atoms with Crippen molar-refractivity contribution >= 4 is 11.6 Å². The molecule has 1 fully saturated rings. The van der Waals surface area contributed by atoms with Gasteiger partial charge < -0.3 is 16.4 Å².